The van der Waals surface area contributed by atoms with Crippen molar-refractivity contribution < 1.29 is 28.5 Å². The van der Waals surface area contributed by atoms with Gasteiger partial charge < -0.3 is 23.7 Å². The zero-order valence-electron chi connectivity index (χ0n) is 19.9. The molecule has 0 aliphatic rings. The van der Waals surface area contributed by atoms with Crippen LogP contribution in [-0.2, 0) is 4.79 Å². The molecule has 0 N–H and O–H groups in total. The van der Waals surface area contributed by atoms with Gasteiger partial charge in [0.15, 0.2) is 23.0 Å². The van der Waals surface area contributed by atoms with Crippen molar-refractivity contribution in [1.29, 1.82) is 0 Å². The van der Waals surface area contributed by atoms with Crippen molar-refractivity contribution in [3.63, 3.8) is 0 Å². The van der Waals surface area contributed by atoms with Gasteiger partial charge in [-0.1, -0.05) is 32.6 Å². The van der Waals surface area contributed by atoms with Gasteiger partial charge in [0.2, 0.25) is 0 Å². The maximum absolute atomic E-state index is 12.0. The van der Waals surface area contributed by atoms with Crippen molar-refractivity contribution in [3.05, 3.63) is 41.5 Å². The van der Waals surface area contributed by atoms with Gasteiger partial charge in [-0.25, -0.2) is 0 Å². The number of ether oxygens (including phenoxy) is 5. The molecule has 0 radical (unpaired) electrons. The number of carbonyl (C=O) groups excluding carboxylic acids is 1. The van der Waals surface area contributed by atoms with Gasteiger partial charge in [-0.2, -0.15) is 0 Å². The lowest BCUT2D eigenvalue weighted by Crippen LogP contribution is -2.10. The zero-order chi connectivity index (χ0) is 23.7. The predicted octanol–water partition coefficient (Wildman–Crippen LogP) is 5.24. The van der Waals surface area contributed by atoms with Crippen LogP contribution in [0.4, 0.5) is 0 Å². The highest BCUT2D eigenvalue weighted by atomic mass is 16.5. The lowest BCUT2D eigenvalue weighted by atomic mass is 10.1. The summed E-state index contributed by atoms with van der Waals surface area (Å²) in [5.74, 6) is 8.81. The maximum atomic E-state index is 12.0. The summed E-state index contributed by atoms with van der Waals surface area (Å²) in [6.07, 6.45) is 0.174. The second-order valence-corrected chi connectivity index (χ2v) is 7.81. The van der Waals surface area contributed by atoms with Crippen LogP contribution in [0.2, 0.25) is 0 Å². The van der Waals surface area contributed by atoms with E-state index in [-0.39, 0.29) is 18.5 Å². The third-order valence-corrected chi connectivity index (χ3v) is 4.22. The largest absolute Gasteiger partial charge is 0.493 e. The molecule has 0 spiro atoms. The monoisotopic (exact) mass is 440 g/mol. The average Bonchev–Trinajstić information content (AvgIpc) is 2.76. The first-order chi connectivity index (χ1) is 15.3. The molecule has 0 amide bonds. The van der Waals surface area contributed by atoms with Crippen LogP contribution in [0.3, 0.4) is 0 Å². The van der Waals surface area contributed by atoms with Gasteiger partial charge in [-0.3, -0.25) is 4.79 Å². The van der Waals surface area contributed by atoms with E-state index in [1.165, 1.54) is 0 Å². The summed E-state index contributed by atoms with van der Waals surface area (Å²) in [4.78, 5) is 12.0. The van der Waals surface area contributed by atoms with Crippen LogP contribution in [0.5, 0.6) is 28.7 Å². The van der Waals surface area contributed by atoms with E-state index in [0.717, 1.165) is 5.56 Å². The molecule has 32 heavy (non-hydrogen) atoms. The van der Waals surface area contributed by atoms with E-state index < -0.39 is 0 Å². The Bertz CT molecular complexity index is 982. The van der Waals surface area contributed by atoms with E-state index in [0.29, 0.717) is 46.8 Å². The van der Waals surface area contributed by atoms with Crippen molar-refractivity contribution in [2.45, 2.75) is 47.1 Å². The average molecular weight is 441 g/mol. The van der Waals surface area contributed by atoms with Crippen LogP contribution in [0.25, 0.3) is 0 Å². The molecule has 0 atom stereocenters. The summed E-state index contributed by atoms with van der Waals surface area (Å²) in [5, 5.41) is 0. The summed E-state index contributed by atoms with van der Waals surface area (Å²) in [6, 6.07) is 8.85. The molecule has 0 heterocycles. The van der Waals surface area contributed by atoms with E-state index in [1.54, 1.807) is 33.3 Å². The maximum Gasteiger partial charge on any atom is 0.310 e. The molecule has 172 valence electrons. The molecule has 0 aliphatic carbocycles. The Labute approximate surface area is 190 Å². The molecule has 0 aromatic heterocycles. The molecular weight excluding hydrogens is 408 g/mol. The molecule has 2 aromatic rings. The van der Waals surface area contributed by atoms with Crippen molar-refractivity contribution in [2.24, 2.45) is 5.92 Å². The highest BCUT2D eigenvalue weighted by molar-refractivity contribution is 5.74. The number of esters is 1. The fourth-order valence-corrected chi connectivity index (χ4v) is 2.69. The van der Waals surface area contributed by atoms with Gasteiger partial charge in [0.05, 0.1) is 32.5 Å². The number of rotatable bonds is 9. The second kappa shape index (κ2) is 11.9. The molecule has 0 saturated carbocycles. The quantitative estimate of drug-likeness (QED) is 0.302. The molecule has 2 aromatic carbocycles. The molecule has 2 rings (SSSR count). The van der Waals surface area contributed by atoms with E-state index in [4.69, 9.17) is 23.7 Å². The minimum absolute atomic E-state index is 0.0703. The summed E-state index contributed by atoms with van der Waals surface area (Å²) in [6.45, 7) is 10.3. The number of hydrogen-bond donors (Lipinski definition) is 0. The highest BCUT2D eigenvalue weighted by Crippen LogP contribution is 2.36. The standard InChI is InChI=1S/C26H32O6/c1-8-26(27)32-22-15-25(31-18(4)5)23(29-7)14-20(22)11-9-19-10-12-21(28-6)24(13-19)30-16-17(2)3/h10,12-15,17-18H,8,16H2,1-7H3. The predicted molar refractivity (Wildman–Crippen MR) is 124 cm³/mol. The Hall–Kier alpha value is -3.33. The summed E-state index contributed by atoms with van der Waals surface area (Å²) >= 11 is 0. The molecule has 0 fully saturated rings. The summed E-state index contributed by atoms with van der Waals surface area (Å²) < 4.78 is 28.0. The van der Waals surface area contributed by atoms with Crippen molar-refractivity contribution in [2.75, 3.05) is 20.8 Å². The number of benzene rings is 2. The third kappa shape index (κ3) is 7.12. The van der Waals surface area contributed by atoms with Crippen LogP contribution in [0.1, 0.15) is 52.2 Å². The van der Waals surface area contributed by atoms with Gasteiger partial charge in [0, 0.05) is 24.1 Å². The second-order valence-electron chi connectivity index (χ2n) is 7.81. The van der Waals surface area contributed by atoms with E-state index >= 15 is 0 Å². The van der Waals surface area contributed by atoms with Gasteiger partial charge in [-0.15, -0.1) is 0 Å². The third-order valence-electron chi connectivity index (χ3n) is 4.22. The van der Waals surface area contributed by atoms with Crippen LogP contribution in [-0.4, -0.2) is 32.9 Å². The van der Waals surface area contributed by atoms with Crippen LogP contribution < -0.4 is 23.7 Å². The van der Waals surface area contributed by atoms with Crippen molar-refractivity contribution in [1.82, 2.24) is 0 Å². The number of methoxy groups -OCH3 is 2. The van der Waals surface area contributed by atoms with E-state index in [2.05, 4.69) is 25.7 Å². The fourth-order valence-electron chi connectivity index (χ4n) is 2.69. The minimum Gasteiger partial charge on any atom is -0.493 e. The van der Waals surface area contributed by atoms with Gasteiger partial charge in [0.1, 0.15) is 5.75 Å². The Morgan fingerprint density at radius 1 is 0.875 bits per heavy atom. The topological polar surface area (TPSA) is 63.2 Å². The van der Waals surface area contributed by atoms with E-state index in [9.17, 15) is 4.79 Å². The Morgan fingerprint density at radius 2 is 1.59 bits per heavy atom. The van der Waals surface area contributed by atoms with Crippen LogP contribution >= 0.6 is 0 Å². The SMILES string of the molecule is CCC(=O)Oc1cc(OC(C)C)c(OC)cc1C#Cc1ccc(OC)c(OCC(C)C)c1. The Kier molecular flexibility index (Phi) is 9.27. The first-order valence-electron chi connectivity index (χ1n) is 10.7. The normalized spacial score (nSPS) is 10.4. The molecule has 6 nitrogen and oxygen atoms in total. The molecular formula is C26H32O6. The first kappa shape index (κ1) is 24.9. The number of hydrogen-bond acceptors (Lipinski definition) is 6. The Balaban J connectivity index is 2.47. The molecule has 0 saturated heterocycles. The minimum atomic E-state index is -0.359. The molecule has 0 bridgehead atoms. The van der Waals surface area contributed by atoms with Crippen molar-refractivity contribution >= 4 is 5.97 Å². The lowest BCUT2D eigenvalue weighted by molar-refractivity contribution is -0.134. The van der Waals surface area contributed by atoms with Gasteiger partial charge in [0.25, 0.3) is 0 Å². The molecule has 0 aliphatic heterocycles. The Morgan fingerprint density at radius 3 is 2.19 bits per heavy atom. The van der Waals surface area contributed by atoms with Crippen LogP contribution in [0, 0.1) is 17.8 Å². The van der Waals surface area contributed by atoms with Crippen molar-refractivity contribution in [3.8, 4) is 40.6 Å². The fraction of sp³-hybridized carbons (Fsp3) is 0.423. The summed E-state index contributed by atoms with van der Waals surface area (Å²) in [5.41, 5.74) is 1.25. The van der Waals surface area contributed by atoms with Gasteiger partial charge in [-0.05, 0) is 38.0 Å². The molecule has 0 unspecified atom stereocenters. The zero-order valence-corrected chi connectivity index (χ0v) is 19.9. The van der Waals surface area contributed by atoms with Gasteiger partial charge >= 0.3 is 5.97 Å². The molecule has 6 heteroatoms. The van der Waals surface area contributed by atoms with E-state index in [1.807, 2.05) is 32.0 Å². The smallest absolute Gasteiger partial charge is 0.310 e. The summed E-state index contributed by atoms with van der Waals surface area (Å²) in [7, 11) is 3.16. The lowest BCUT2D eigenvalue weighted by Gasteiger charge is -2.16. The van der Waals surface area contributed by atoms with Crippen LogP contribution in [0.15, 0.2) is 30.3 Å². The highest BCUT2D eigenvalue weighted by Gasteiger charge is 2.15. The number of carbonyl (C=O) groups is 1. The first-order valence-corrected chi connectivity index (χ1v) is 10.7.